The zero-order valence-electron chi connectivity index (χ0n) is 11.5. The Morgan fingerprint density at radius 3 is 2.60 bits per heavy atom. The van der Waals surface area contributed by atoms with E-state index in [0.29, 0.717) is 18.0 Å². The van der Waals surface area contributed by atoms with Crippen molar-refractivity contribution in [2.24, 2.45) is 5.73 Å². The second kappa shape index (κ2) is 6.93. The molecule has 0 aliphatic rings. The number of benzene rings is 2. The van der Waals surface area contributed by atoms with Crippen LogP contribution in [0.1, 0.15) is 17.2 Å². The lowest BCUT2D eigenvalue weighted by Gasteiger charge is -2.14. The van der Waals surface area contributed by atoms with Crippen LogP contribution in [0, 0.1) is 0 Å². The zero-order valence-corrected chi connectivity index (χ0v) is 11.5. The van der Waals surface area contributed by atoms with Gasteiger partial charge in [0.1, 0.15) is 24.2 Å². The van der Waals surface area contributed by atoms with Crippen LogP contribution in [0.15, 0.2) is 48.5 Å². The van der Waals surface area contributed by atoms with E-state index in [4.69, 9.17) is 15.2 Å². The van der Waals surface area contributed by atoms with Gasteiger partial charge in [-0.25, -0.2) is 0 Å². The first-order valence-electron chi connectivity index (χ1n) is 6.46. The van der Waals surface area contributed by atoms with Crippen molar-refractivity contribution in [3.8, 4) is 11.5 Å². The Kier molecular flexibility index (Phi) is 4.98. The first-order valence-corrected chi connectivity index (χ1v) is 6.46. The molecule has 1 atom stereocenters. The van der Waals surface area contributed by atoms with Crippen LogP contribution in [0.3, 0.4) is 0 Å². The maximum Gasteiger partial charge on any atom is 0.119 e. The van der Waals surface area contributed by atoms with Crippen molar-refractivity contribution in [1.29, 1.82) is 0 Å². The fourth-order valence-electron chi connectivity index (χ4n) is 1.88. The molecule has 1 unspecified atom stereocenters. The van der Waals surface area contributed by atoms with Crippen LogP contribution in [0.5, 0.6) is 11.5 Å². The van der Waals surface area contributed by atoms with Crippen LogP contribution in [0.4, 0.5) is 0 Å². The average Bonchev–Trinajstić information content (AvgIpc) is 2.52. The highest BCUT2D eigenvalue weighted by molar-refractivity contribution is 5.31. The molecule has 0 amide bonds. The third-order valence-corrected chi connectivity index (χ3v) is 3.02. The molecular weight excluding hydrogens is 254 g/mol. The molecule has 106 valence electrons. The number of rotatable bonds is 6. The number of ether oxygens (including phenoxy) is 2. The molecule has 0 saturated carbocycles. The van der Waals surface area contributed by atoms with Gasteiger partial charge in [0.2, 0.25) is 0 Å². The summed E-state index contributed by atoms with van der Waals surface area (Å²) in [6, 6.07) is 14.8. The summed E-state index contributed by atoms with van der Waals surface area (Å²) in [6.07, 6.45) is -0.702. The van der Waals surface area contributed by atoms with Crippen molar-refractivity contribution >= 4 is 0 Å². The van der Waals surface area contributed by atoms with Crippen molar-refractivity contribution in [3.05, 3.63) is 59.7 Å². The van der Waals surface area contributed by atoms with E-state index in [2.05, 4.69) is 0 Å². The van der Waals surface area contributed by atoms with Crippen molar-refractivity contribution in [2.45, 2.75) is 12.6 Å². The number of nitrogens with two attached hydrogens (primary N) is 1. The molecule has 0 aromatic heterocycles. The predicted octanol–water partition coefficient (Wildman–Crippen LogP) is 2.27. The number of hydrogen-bond acceptors (Lipinski definition) is 4. The van der Waals surface area contributed by atoms with Gasteiger partial charge >= 0.3 is 0 Å². The molecule has 4 nitrogen and oxygen atoms in total. The van der Waals surface area contributed by atoms with Crippen LogP contribution < -0.4 is 15.2 Å². The van der Waals surface area contributed by atoms with Crippen molar-refractivity contribution < 1.29 is 14.6 Å². The Morgan fingerprint density at radius 1 is 1.10 bits per heavy atom. The molecule has 3 N–H and O–H groups in total. The van der Waals surface area contributed by atoms with Crippen LogP contribution >= 0.6 is 0 Å². The van der Waals surface area contributed by atoms with Crippen molar-refractivity contribution in [2.75, 3.05) is 13.7 Å². The van der Waals surface area contributed by atoms with Gasteiger partial charge in [0.05, 0.1) is 7.11 Å². The van der Waals surface area contributed by atoms with Gasteiger partial charge in [0.25, 0.3) is 0 Å². The number of aliphatic hydroxyl groups excluding tert-OH is 1. The smallest absolute Gasteiger partial charge is 0.119 e. The quantitative estimate of drug-likeness (QED) is 0.847. The summed E-state index contributed by atoms with van der Waals surface area (Å²) < 4.78 is 10.7. The molecule has 0 aliphatic heterocycles. The minimum absolute atomic E-state index is 0.182. The van der Waals surface area contributed by atoms with E-state index in [1.807, 2.05) is 42.5 Å². The van der Waals surface area contributed by atoms with Crippen LogP contribution in [-0.4, -0.2) is 18.8 Å². The van der Waals surface area contributed by atoms with Crippen LogP contribution in [0.2, 0.25) is 0 Å². The molecule has 0 aliphatic carbocycles. The van der Waals surface area contributed by atoms with E-state index >= 15 is 0 Å². The van der Waals surface area contributed by atoms with E-state index in [0.717, 1.165) is 11.1 Å². The largest absolute Gasteiger partial charge is 0.497 e. The summed E-state index contributed by atoms with van der Waals surface area (Å²) in [5.74, 6) is 1.42. The lowest BCUT2D eigenvalue weighted by Crippen LogP contribution is -2.10. The first kappa shape index (κ1) is 14.4. The Bertz CT molecular complexity index is 557. The normalized spacial score (nSPS) is 11.9. The second-order valence-corrected chi connectivity index (χ2v) is 4.45. The van der Waals surface area contributed by atoms with Gasteiger partial charge in [0, 0.05) is 6.54 Å². The fourth-order valence-corrected chi connectivity index (χ4v) is 1.88. The summed E-state index contributed by atoms with van der Waals surface area (Å²) in [4.78, 5) is 0. The zero-order chi connectivity index (χ0) is 14.4. The molecule has 2 aromatic rings. The summed E-state index contributed by atoms with van der Waals surface area (Å²) in [7, 11) is 1.60. The Hall–Kier alpha value is -2.04. The predicted molar refractivity (Wildman–Crippen MR) is 77.8 cm³/mol. The standard InChI is InChI=1S/C16H19NO3/c1-19-14-6-3-5-13(9-14)16(18)11-20-15-7-2-4-12(8-15)10-17/h2-9,16,18H,10-11,17H2,1H3. The highest BCUT2D eigenvalue weighted by Gasteiger charge is 2.09. The van der Waals surface area contributed by atoms with Gasteiger partial charge in [-0.3, -0.25) is 0 Å². The monoisotopic (exact) mass is 273 g/mol. The first-order chi connectivity index (χ1) is 9.72. The molecule has 0 fully saturated rings. The lowest BCUT2D eigenvalue weighted by molar-refractivity contribution is 0.108. The second-order valence-electron chi connectivity index (χ2n) is 4.45. The molecule has 0 heterocycles. The molecule has 2 aromatic carbocycles. The number of aliphatic hydroxyl groups is 1. The van der Waals surface area contributed by atoms with Gasteiger partial charge in [-0.2, -0.15) is 0 Å². The lowest BCUT2D eigenvalue weighted by atomic mass is 10.1. The summed E-state index contributed by atoms with van der Waals surface area (Å²) >= 11 is 0. The maximum absolute atomic E-state index is 10.1. The summed E-state index contributed by atoms with van der Waals surface area (Å²) in [5.41, 5.74) is 7.34. The van der Waals surface area contributed by atoms with Crippen LogP contribution in [0.25, 0.3) is 0 Å². The van der Waals surface area contributed by atoms with E-state index in [9.17, 15) is 5.11 Å². The molecule has 20 heavy (non-hydrogen) atoms. The van der Waals surface area contributed by atoms with E-state index < -0.39 is 6.10 Å². The van der Waals surface area contributed by atoms with Crippen molar-refractivity contribution in [1.82, 2.24) is 0 Å². The SMILES string of the molecule is COc1cccc(C(O)COc2cccc(CN)c2)c1. The van der Waals surface area contributed by atoms with Gasteiger partial charge in [-0.15, -0.1) is 0 Å². The average molecular weight is 273 g/mol. The molecule has 0 saturated heterocycles. The molecule has 2 rings (SSSR count). The van der Waals surface area contributed by atoms with E-state index in [1.54, 1.807) is 13.2 Å². The minimum Gasteiger partial charge on any atom is -0.497 e. The molecule has 0 spiro atoms. The van der Waals surface area contributed by atoms with Crippen molar-refractivity contribution in [3.63, 3.8) is 0 Å². The number of methoxy groups -OCH3 is 1. The van der Waals surface area contributed by atoms with Crippen LogP contribution in [-0.2, 0) is 6.54 Å². The molecule has 0 radical (unpaired) electrons. The van der Waals surface area contributed by atoms with E-state index in [1.165, 1.54) is 0 Å². The topological polar surface area (TPSA) is 64.7 Å². The van der Waals surface area contributed by atoms with Gasteiger partial charge < -0.3 is 20.3 Å². The molecule has 4 heteroatoms. The third-order valence-electron chi connectivity index (χ3n) is 3.02. The highest BCUT2D eigenvalue weighted by Crippen LogP contribution is 2.21. The molecular formula is C16H19NO3. The maximum atomic E-state index is 10.1. The van der Waals surface area contributed by atoms with Gasteiger partial charge in [0.15, 0.2) is 0 Å². The Labute approximate surface area is 118 Å². The summed E-state index contributed by atoms with van der Waals surface area (Å²) in [5, 5.41) is 10.1. The van der Waals surface area contributed by atoms with E-state index in [-0.39, 0.29) is 6.61 Å². The molecule has 0 bridgehead atoms. The summed E-state index contributed by atoms with van der Waals surface area (Å²) in [6.45, 7) is 0.650. The Balaban J connectivity index is 1.98. The number of hydrogen-bond donors (Lipinski definition) is 2. The fraction of sp³-hybridized carbons (Fsp3) is 0.250. The van der Waals surface area contributed by atoms with Gasteiger partial charge in [-0.05, 0) is 35.4 Å². The minimum atomic E-state index is -0.702. The third kappa shape index (κ3) is 3.73. The van der Waals surface area contributed by atoms with Gasteiger partial charge in [-0.1, -0.05) is 24.3 Å². The highest BCUT2D eigenvalue weighted by atomic mass is 16.5. The Morgan fingerprint density at radius 2 is 1.85 bits per heavy atom.